The summed E-state index contributed by atoms with van der Waals surface area (Å²) in [7, 11) is 0. The van der Waals surface area contributed by atoms with Crippen molar-refractivity contribution in [2.75, 3.05) is 11.9 Å². The summed E-state index contributed by atoms with van der Waals surface area (Å²) in [5, 5.41) is 5.94. The Morgan fingerprint density at radius 2 is 2.11 bits per heavy atom. The molecular formula is C22H24FN3O. The van der Waals surface area contributed by atoms with Crippen LogP contribution in [-0.2, 0) is 17.6 Å². The van der Waals surface area contributed by atoms with Gasteiger partial charge in [-0.1, -0.05) is 25.1 Å². The Balaban J connectivity index is 0.00000126. The SMILES string of the molecule is C=C.CCc1ccc(F)cc1NCC(=O)NC1=CC=Cc2cnccc2C1. The Bertz CT molecular complexity index is 858. The van der Waals surface area contributed by atoms with Crippen LogP contribution in [0.1, 0.15) is 23.6 Å². The minimum absolute atomic E-state index is 0.0840. The number of fused-ring (bicyclic) bond motifs is 1. The molecule has 0 saturated heterocycles. The van der Waals surface area contributed by atoms with Gasteiger partial charge < -0.3 is 10.6 Å². The van der Waals surface area contributed by atoms with E-state index < -0.39 is 0 Å². The Morgan fingerprint density at radius 1 is 1.30 bits per heavy atom. The number of hydrogen-bond donors (Lipinski definition) is 2. The van der Waals surface area contributed by atoms with Gasteiger partial charge in [0.1, 0.15) is 5.82 Å². The van der Waals surface area contributed by atoms with Gasteiger partial charge in [-0.3, -0.25) is 9.78 Å². The van der Waals surface area contributed by atoms with Crippen molar-refractivity contribution in [2.45, 2.75) is 19.8 Å². The van der Waals surface area contributed by atoms with E-state index in [2.05, 4.69) is 28.8 Å². The first kappa shape index (κ1) is 20.1. The van der Waals surface area contributed by atoms with E-state index in [0.29, 0.717) is 12.1 Å². The highest BCUT2D eigenvalue weighted by molar-refractivity contribution is 5.82. The number of carbonyl (C=O) groups is 1. The van der Waals surface area contributed by atoms with E-state index in [-0.39, 0.29) is 18.3 Å². The van der Waals surface area contributed by atoms with Gasteiger partial charge in [-0.2, -0.15) is 0 Å². The van der Waals surface area contributed by atoms with Crippen LogP contribution in [-0.4, -0.2) is 17.4 Å². The summed E-state index contributed by atoms with van der Waals surface area (Å²) < 4.78 is 13.4. The van der Waals surface area contributed by atoms with Gasteiger partial charge in [0, 0.05) is 30.2 Å². The van der Waals surface area contributed by atoms with Gasteiger partial charge >= 0.3 is 0 Å². The number of benzene rings is 1. The van der Waals surface area contributed by atoms with Crippen LogP contribution < -0.4 is 10.6 Å². The van der Waals surface area contributed by atoms with Gasteiger partial charge in [0.15, 0.2) is 0 Å². The zero-order valence-electron chi connectivity index (χ0n) is 15.5. The third kappa shape index (κ3) is 5.64. The molecule has 3 rings (SSSR count). The molecule has 4 nitrogen and oxygen atoms in total. The number of nitrogens with zero attached hydrogens (tertiary/aromatic N) is 1. The number of aromatic nitrogens is 1. The number of pyridine rings is 1. The molecule has 1 amide bonds. The van der Waals surface area contributed by atoms with Crippen LogP contribution in [0.15, 0.2) is 67.7 Å². The number of halogens is 1. The third-order valence-electron chi connectivity index (χ3n) is 4.09. The zero-order valence-corrected chi connectivity index (χ0v) is 15.5. The number of allylic oxidation sites excluding steroid dienone is 3. The average molecular weight is 365 g/mol. The van der Waals surface area contributed by atoms with E-state index in [4.69, 9.17) is 0 Å². The second-order valence-electron chi connectivity index (χ2n) is 5.86. The van der Waals surface area contributed by atoms with Crippen LogP contribution in [0.4, 0.5) is 10.1 Å². The molecule has 1 aromatic heterocycles. The number of aryl methyl sites for hydroxylation is 1. The lowest BCUT2D eigenvalue weighted by Crippen LogP contribution is -2.30. The number of nitrogens with one attached hydrogen (secondary N) is 2. The molecule has 5 heteroatoms. The van der Waals surface area contributed by atoms with E-state index in [1.165, 1.54) is 12.1 Å². The first-order valence-electron chi connectivity index (χ1n) is 8.78. The van der Waals surface area contributed by atoms with Crippen LogP contribution in [0.25, 0.3) is 6.08 Å². The molecule has 0 atom stereocenters. The first-order chi connectivity index (χ1) is 13.2. The minimum Gasteiger partial charge on any atom is -0.376 e. The smallest absolute Gasteiger partial charge is 0.243 e. The summed E-state index contributed by atoms with van der Waals surface area (Å²) in [5.41, 5.74) is 4.62. The molecule has 2 N–H and O–H groups in total. The highest BCUT2D eigenvalue weighted by Gasteiger charge is 2.10. The highest BCUT2D eigenvalue weighted by Crippen LogP contribution is 2.18. The Hall–Kier alpha value is -3.21. The fraction of sp³-hybridized carbons (Fsp3) is 0.182. The summed E-state index contributed by atoms with van der Waals surface area (Å²) in [4.78, 5) is 16.4. The van der Waals surface area contributed by atoms with Crippen molar-refractivity contribution < 1.29 is 9.18 Å². The van der Waals surface area contributed by atoms with Crippen LogP contribution in [0.2, 0.25) is 0 Å². The van der Waals surface area contributed by atoms with E-state index in [0.717, 1.165) is 28.8 Å². The van der Waals surface area contributed by atoms with Crippen molar-refractivity contribution in [1.82, 2.24) is 10.3 Å². The van der Waals surface area contributed by atoms with Crippen molar-refractivity contribution in [3.63, 3.8) is 0 Å². The minimum atomic E-state index is -0.318. The number of amides is 1. The van der Waals surface area contributed by atoms with Gasteiger partial charge in [-0.15, -0.1) is 13.2 Å². The summed E-state index contributed by atoms with van der Waals surface area (Å²) >= 11 is 0. The summed E-state index contributed by atoms with van der Waals surface area (Å²) in [6.45, 7) is 8.08. The molecule has 0 fully saturated rings. The quantitative estimate of drug-likeness (QED) is 0.778. The van der Waals surface area contributed by atoms with Gasteiger partial charge in [0.2, 0.25) is 5.91 Å². The molecule has 140 valence electrons. The molecule has 0 aliphatic heterocycles. The van der Waals surface area contributed by atoms with E-state index in [9.17, 15) is 9.18 Å². The Morgan fingerprint density at radius 3 is 2.89 bits per heavy atom. The molecule has 2 aromatic rings. The van der Waals surface area contributed by atoms with Crippen LogP contribution >= 0.6 is 0 Å². The fourth-order valence-corrected chi connectivity index (χ4v) is 2.78. The molecular weight excluding hydrogens is 341 g/mol. The number of hydrogen-bond acceptors (Lipinski definition) is 3. The van der Waals surface area contributed by atoms with Crippen molar-refractivity contribution >= 4 is 17.7 Å². The van der Waals surface area contributed by atoms with Crippen molar-refractivity contribution in [3.8, 4) is 0 Å². The Kier molecular flexibility index (Phi) is 7.49. The molecule has 0 saturated carbocycles. The van der Waals surface area contributed by atoms with Crippen molar-refractivity contribution in [2.24, 2.45) is 0 Å². The maximum atomic E-state index is 13.4. The van der Waals surface area contributed by atoms with Crippen LogP contribution in [0, 0.1) is 5.82 Å². The van der Waals surface area contributed by atoms with E-state index in [1.807, 2.05) is 37.4 Å². The molecule has 0 unspecified atom stereocenters. The van der Waals surface area contributed by atoms with Crippen LogP contribution in [0.3, 0.4) is 0 Å². The van der Waals surface area contributed by atoms with Crippen LogP contribution in [0.5, 0.6) is 0 Å². The maximum absolute atomic E-state index is 13.4. The van der Waals surface area contributed by atoms with Crippen molar-refractivity contribution in [3.05, 3.63) is 90.2 Å². The second-order valence-corrected chi connectivity index (χ2v) is 5.86. The monoisotopic (exact) mass is 365 g/mol. The maximum Gasteiger partial charge on any atom is 0.243 e. The number of rotatable bonds is 5. The average Bonchev–Trinajstić information content (AvgIpc) is 2.89. The lowest BCUT2D eigenvalue weighted by atomic mass is 10.1. The lowest BCUT2D eigenvalue weighted by Gasteiger charge is -2.13. The predicted octanol–water partition coefficient (Wildman–Crippen LogP) is 4.27. The lowest BCUT2D eigenvalue weighted by molar-refractivity contribution is -0.118. The topological polar surface area (TPSA) is 54.0 Å². The predicted molar refractivity (Wildman–Crippen MR) is 109 cm³/mol. The normalized spacial score (nSPS) is 12.0. The molecule has 1 heterocycles. The van der Waals surface area contributed by atoms with E-state index in [1.54, 1.807) is 12.3 Å². The second kappa shape index (κ2) is 10.1. The molecule has 1 aliphatic carbocycles. The molecule has 1 aliphatic rings. The molecule has 0 spiro atoms. The molecule has 27 heavy (non-hydrogen) atoms. The largest absolute Gasteiger partial charge is 0.376 e. The van der Waals surface area contributed by atoms with Gasteiger partial charge in [0.25, 0.3) is 0 Å². The summed E-state index contributed by atoms with van der Waals surface area (Å²) in [5.74, 6) is -0.481. The third-order valence-corrected chi connectivity index (χ3v) is 4.09. The van der Waals surface area contributed by atoms with E-state index >= 15 is 0 Å². The van der Waals surface area contributed by atoms with Gasteiger partial charge in [-0.05, 0) is 47.4 Å². The highest BCUT2D eigenvalue weighted by atomic mass is 19.1. The standard InChI is InChI=1S/C20H20FN3O.C2H4/c1-2-14-6-7-17(21)11-19(14)23-13-20(25)24-18-5-3-4-16-12-22-9-8-15(16)10-18;1-2/h3-9,11-12,23H,2,10,13H2,1H3,(H,24,25);1-2H2. The zero-order chi connectivity index (χ0) is 19.6. The molecule has 0 bridgehead atoms. The fourth-order valence-electron chi connectivity index (χ4n) is 2.78. The Labute approximate surface area is 159 Å². The van der Waals surface area contributed by atoms with Gasteiger partial charge in [0.05, 0.1) is 6.54 Å². The molecule has 0 radical (unpaired) electrons. The number of anilines is 1. The molecule has 1 aromatic carbocycles. The summed E-state index contributed by atoms with van der Waals surface area (Å²) in [6, 6.07) is 6.53. The first-order valence-corrected chi connectivity index (χ1v) is 8.78. The van der Waals surface area contributed by atoms with Crippen molar-refractivity contribution in [1.29, 1.82) is 0 Å². The van der Waals surface area contributed by atoms with Gasteiger partial charge in [-0.25, -0.2) is 4.39 Å². The summed E-state index contributed by atoms with van der Waals surface area (Å²) in [6.07, 6.45) is 10.7. The number of carbonyl (C=O) groups excluding carboxylic acids is 1.